The number of nitrogens with one attached hydrogen (secondary N) is 1. The van der Waals surface area contributed by atoms with E-state index in [-0.39, 0.29) is 5.91 Å². The second kappa shape index (κ2) is 11.8. The number of para-hydroxylation sites is 4. The molecule has 6 nitrogen and oxygen atoms in total. The highest BCUT2D eigenvalue weighted by Gasteiger charge is 2.59. The van der Waals surface area contributed by atoms with Crippen LogP contribution in [0, 0.1) is 0 Å². The second-order valence-corrected chi connectivity index (χ2v) is 11.3. The Labute approximate surface area is 273 Å². The largest absolute Gasteiger partial charge is 0.332 e. The van der Waals surface area contributed by atoms with Gasteiger partial charge in [0.05, 0.1) is 0 Å². The first-order chi connectivity index (χ1) is 23.3. The van der Waals surface area contributed by atoms with Crippen molar-refractivity contribution in [2.75, 3.05) is 14.7 Å². The molecule has 1 amide bonds. The molecular formula is C41H31N5O. The van der Waals surface area contributed by atoms with Crippen LogP contribution in [0.15, 0.2) is 182 Å². The van der Waals surface area contributed by atoms with Crippen molar-refractivity contribution in [2.24, 2.45) is 0 Å². The molecule has 6 aromatic carbocycles. The first kappa shape index (κ1) is 28.1. The molecule has 0 fully saturated rings. The number of rotatable bonds is 7. The van der Waals surface area contributed by atoms with Crippen molar-refractivity contribution >= 4 is 34.5 Å². The van der Waals surface area contributed by atoms with Gasteiger partial charge in [-0.3, -0.25) is 19.5 Å². The van der Waals surface area contributed by atoms with Gasteiger partial charge in [-0.05, 0) is 48.5 Å². The van der Waals surface area contributed by atoms with Crippen molar-refractivity contribution in [3.63, 3.8) is 0 Å². The number of hydrogen-bond donors (Lipinski definition) is 1. The summed E-state index contributed by atoms with van der Waals surface area (Å²) in [5.41, 5.74) is 5.59. The number of H-pyrrole nitrogens is 1. The number of amides is 1. The van der Waals surface area contributed by atoms with Gasteiger partial charge in [0.25, 0.3) is 5.91 Å². The third-order valence-electron chi connectivity index (χ3n) is 8.51. The van der Waals surface area contributed by atoms with E-state index < -0.39 is 5.79 Å². The lowest BCUT2D eigenvalue weighted by atomic mass is 9.94. The number of hydrogen-bond acceptors (Lipinski definition) is 4. The zero-order valence-corrected chi connectivity index (χ0v) is 25.5. The summed E-state index contributed by atoms with van der Waals surface area (Å²) < 4.78 is 0. The summed E-state index contributed by atoms with van der Waals surface area (Å²) in [5.74, 6) is -0.366. The summed E-state index contributed by atoms with van der Waals surface area (Å²) in [6, 6.07) is 60.8. The van der Waals surface area contributed by atoms with Crippen molar-refractivity contribution in [3.8, 4) is 11.4 Å². The Bertz CT molecular complexity index is 2070. The topological polar surface area (TPSA) is 55.5 Å². The third-order valence-corrected chi connectivity index (χ3v) is 8.51. The highest BCUT2D eigenvalue weighted by Crippen LogP contribution is 2.54. The van der Waals surface area contributed by atoms with Gasteiger partial charge in [-0.15, -0.1) is 0 Å². The number of carbonyl (C=O) groups excluding carboxylic acids is 1. The average Bonchev–Trinajstić information content (AvgIpc) is 3.60. The molecule has 2 heterocycles. The van der Waals surface area contributed by atoms with E-state index in [2.05, 4.69) is 63.3 Å². The standard InChI is InChI=1S/C41H31N5O/c47-40-37-39(43-38(42-37)31-19-7-1-8-20-31)45(35-27-15-5-16-28-35)41(32-21-9-2-10-22-32,46(40)36-29-17-6-18-30-36)44(33-23-11-3-12-24-33)34-25-13-4-14-26-34/h1-30H,(H,42,43). The predicted molar refractivity (Wildman–Crippen MR) is 189 cm³/mol. The van der Waals surface area contributed by atoms with Crippen LogP contribution in [0.5, 0.6) is 0 Å². The number of nitrogens with zero attached hydrogens (tertiary/aromatic N) is 4. The fourth-order valence-corrected chi connectivity index (χ4v) is 6.57. The Morgan fingerprint density at radius 1 is 0.511 bits per heavy atom. The number of anilines is 5. The first-order valence-electron chi connectivity index (χ1n) is 15.6. The summed E-state index contributed by atoms with van der Waals surface area (Å²) in [6.07, 6.45) is 0. The van der Waals surface area contributed by atoms with E-state index in [1.54, 1.807) is 0 Å². The van der Waals surface area contributed by atoms with Crippen molar-refractivity contribution in [1.29, 1.82) is 0 Å². The summed E-state index contributed by atoms with van der Waals surface area (Å²) >= 11 is 0. The molecule has 0 saturated heterocycles. The lowest BCUT2D eigenvalue weighted by Gasteiger charge is -2.58. The second-order valence-electron chi connectivity index (χ2n) is 11.3. The van der Waals surface area contributed by atoms with Crippen LogP contribution in [-0.2, 0) is 5.79 Å². The summed E-state index contributed by atoms with van der Waals surface area (Å²) in [5, 5.41) is 0. The molecule has 47 heavy (non-hydrogen) atoms. The zero-order valence-electron chi connectivity index (χ0n) is 25.5. The van der Waals surface area contributed by atoms with E-state index in [1.165, 1.54) is 0 Å². The molecule has 6 heteroatoms. The Kier molecular flexibility index (Phi) is 7.08. The molecule has 0 saturated carbocycles. The third kappa shape index (κ3) is 4.66. The van der Waals surface area contributed by atoms with Crippen molar-refractivity contribution in [2.45, 2.75) is 5.79 Å². The Hall–Kier alpha value is -6.40. The maximum atomic E-state index is 15.4. The van der Waals surface area contributed by atoms with Gasteiger partial charge in [0, 0.05) is 33.9 Å². The van der Waals surface area contributed by atoms with Crippen LogP contribution in [-0.4, -0.2) is 15.9 Å². The van der Waals surface area contributed by atoms with Gasteiger partial charge < -0.3 is 4.98 Å². The van der Waals surface area contributed by atoms with E-state index in [9.17, 15) is 0 Å². The van der Waals surface area contributed by atoms with E-state index in [1.807, 2.05) is 138 Å². The molecule has 1 N–H and O–H groups in total. The summed E-state index contributed by atoms with van der Waals surface area (Å²) in [6.45, 7) is 0. The Morgan fingerprint density at radius 2 is 0.936 bits per heavy atom. The van der Waals surface area contributed by atoms with Gasteiger partial charge >= 0.3 is 0 Å². The Morgan fingerprint density at radius 3 is 1.45 bits per heavy atom. The van der Waals surface area contributed by atoms with Crippen LogP contribution < -0.4 is 14.7 Å². The van der Waals surface area contributed by atoms with Crippen LogP contribution >= 0.6 is 0 Å². The molecular weight excluding hydrogens is 578 g/mol. The molecule has 7 aromatic rings. The predicted octanol–water partition coefficient (Wildman–Crippen LogP) is 9.52. The molecule has 0 radical (unpaired) electrons. The molecule has 1 atom stereocenters. The van der Waals surface area contributed by atoms with Crippen molar-refractivity contribution in [3.05, 3.63) is 193 Å². The number of imidazole rings is 1. The van der Waals surface area contributed by atoms with Gasteiger partial charge in [-0.25, -0.2) is 4.98 Å². The van der Waals surface area contributed by atoms with Crippen LogP contribution in [0.4, 0.5) is 28.6 Å². The molecule has 8 rings (SSSR count). The normalized spacial score (nSPS) is 15.7. The molecule has 1 aromatic heterocycles. The summed E-state index contributed by atoms with van der Waals surface area (Å²) in [7, 11) is 0. The average molecular weight is 610 g/mol. The smallest absolute Gasteiger partial charge is 0.282 e. The van der Waals surface area contributed by atoms with Gasteiger partial charge in [0.1, 0.15) is 11.5 Å². The lowest BCUT2D eigenvalue weighted by molar-refractivity contribution is 0.0940. The molecule has 0 bridgehead atoms. The minimum Gasteiger partial charge on any atom is -0.332 e. The lowest BCUT2D eigenvalue weighted by Crippen LogP contribution is -2.70. The van der Waals surface area contributed by atoms with E-state index in [0.717, 1.165) is 33.9 Å². The fourth-order valence-electron chi connectivity index (χ4n) is 6.57. The Balaban J connectivity index is 1.57. The zero-order chi connectivity index (χ0) is 31.6. The van der Waals surface area contributed by atoms with Gasteiger partial charge in [-0.2, -0.15) is 0 Å². The van der Waals surface area contributed by atoms with Gasteiger partial charge in [0.15, 0.2) is 5.82 Å². The number of carbonyl (C=O) groups is 1. The van der Waals surface area contributed by atoms with E-state index in [4.69, 9.17) is 4.98 Å². The van der Waals surface area contributed by atoms with E-state index >= 15 is 4.79 Å². The number of aromatic nitrogens is 2. The fraction of sp³-hybridized carbons (Fsp3) is 0.0244. The number of aromatic amines is 1. The first-order valence-corrected chi connectivity index (χ1v) is 15.6. The minimum atomic E-state index is -1.32. The molecule has 226 valence electrons. The quantitative estimate of drug-likeness (QED) is 0.196. The van der Waals surface area contributed by atoms with Gasteiger partial charge in [-0.1, -0.05) is 133 Å². The highest BCUT2D eigenvalue weighted by molar-refractivity contribution is 6.13. The highest BCUT2D eigenvalue weighted by atomic mass is 16.2. The maximum absolute atomic E-state index is 15.4. The van der Waals surface area contributed by atoms with E-state index in [0.29, 0.717) is 17.3 Å². The molecule has 0 aliphatic carbocycles. The minimum absolute atomic E-state index is 0.200. The number of fused-ring (bicyclic) bond motifs is 1. The SMILES string of the molecule is O=C1c2[nH]c(-c3ccccc3)nc2N(c2ccccc2)C(c2ccccc2)(N(c2ccccc2)c2ccccc2)N1c1ccccc1. The molecule has 1 aliphatic heterocycles. The number of benzene rings is 6. The van der Waals surface area contributed by atoms with Crippen molar-refractivity contribution in [1.82, 2.24) is 9.97 Å². The van der Waals surface area contributed by atoms with Crippen LogP contribution in [0.1, 0.15) is 16.1 Å². The monoisotopic (exact) mass is 609 g/mol. The van der Waals surface area contributed by atoms with Crippen LogP contribution in [0.25, 0.3) is 11.4 Å². The van der Waals surface area contributed by atoms with Gasteiger partial charge in [0.2, 0.25) is 5.79 Å². The molecule has 1 aliphatic rings. The summed E-state index contributed by atoms with van der Waals surface area (Å²) in [4.78, 5) is 30.4. The molecule has 0 spiro atoms. The van der Waals surface area contributed by atoms with Crippen LogP contribution in [0.2, 0.25) is 0 Å². The van der Waals surface area contributed by atoms with Crippen LogP contribution in [0.3, 0.4) is 0 Å². The molecule has 1 unspecified atom stereocenters. The maximum Gasteiger partial charge on any atom is 0.282 e. The van der Waals surface area contributed by atoms with Crippen molar-refractivity contribution < 1.29 is 4.79 Å².